The first kappa shape index (κ1) is 9.55. The molecule has 2 aliphatic carbocycles. The molecule has 0 aromatic rings. The quantitative estimate of drug-likeness (QED) is 0.596. The van der Waals surface area contributed by atoms with Crippen LogP contribution in [0.3, 0.4) is 0 Å². The van der Waals surface area contributed by atoms with E-state index in [0.29, 0.717) is 0 Å². The third-order valence-corrected chi connectivity index (χ3v) is 4.68. The molecule has 0 saturated heterocycles. The molecule has 0 aromatic carbocycles. The van der Waals surface area contributed by atoms with Crippen LogP contribution in [0.5, 0.6) is 0 Å². The summed E-state index contributed by atoms with van der Waals surface area (Å²) in [7, 11) is 0. The first-order valence-electron chi connectivity index (χ1n) is 6.12. The molecule has 0 radical (unpaired) electrons. The predicted molar refractivity (Wildman–Crippen MR) is 57.6 cm³/mol. The Kier molecular flexibility index (Phi) is 2.42. The van der Waals surface area contributed by atoms with Crippen molar-refractivity contribution in [2.24, 2.45) is 23.2 Å². The maximum atomic E-state index is 2.54. The van der Waals surface area contributed by atoms with Crippen molar-refractivity contribution >= 4 is 0 Å². The van der Waals surface area contributed by atoms with Crippen molar-refractivity contribution in [3.63, 3.8) is 0 Å². The predicted octanol–water partition coefficient (Wildman–Crippen LogP) is 4.25. The summed E-state index contributed by atoms with van der Waals surface area (Å²) in [6.07, 6.45) is 9.10. The maximum Gasteiger partial charge on any atom is -0.0297 e. The molecule has 2 fully saturated rings. The summed E-state index contributed by atoms with van der Waals surface area (Å²) in [4.78, 5) is 0. The molecule has 0 aromatic heterocycles. The number of rotatable bonds is 2. The molecule has 2 rings (SSSR count). The average Bonchev–Trinajstić information content (AvgIpc) is 2.87. The minimum atomic E-state index is 0.755. The second-order valence-electron chi connectivity index (χ2n) is 6.01. The van der Waals surface area contributed by atoms with Crippen LogP contribution in [-0.2, 0) is 0 Å². The molecule has 0 unspecified atom stereocenters. The van der Waals surface area contributed by atoms with E-state index in [4.69, 9.17) is 0 Å². The van der Waals surface area contributed by atoms with Crippen LogP contribution in [-0.4, -0.2) is 0 Å². The summed E-state index contributed by atoms with van der Waals surface area (Å²) in [6, 6.07) is 0. The first-order valence-corrected chi connectivity index (χ1v) is 6.12. The highest BCUT2D eigenvalue weighted by molar-refractivity contribution is 4.94. The fourth-order valence-electron chi connectivity index (χ4n) is 3.15. The van der Waals surface area contributed by atoms with Gasteiger partial charge in [-0.1, -0.05) is 20.8 Å². The highest BCUT2D eigenvalue weighted by atomic mass is 14.5. The minimum Gasteiger partial charge on any atom is -0.0625 e. The van der Waals surface area contributed by atoms with E-state index >= 15 is 0 Å². The summed E-state index contributed by atoms with van der Waals surface area (Å²) < 4.78 is 0. The molecule has 76 valence electrons. The summed E-state index contributed by atoms with van der Waals surface area (Å²) in [5.74, 6) is 3.07. The van der Waals surface area contributed by atoms with Gasteiger partial charge in [-0.25, -0.2) is 0 Å². The van der Waals surface area contributed by atoms with Gasteiger partial charge in [0.05, 0.1) is 0 Å². The SMILES string of the molecule is CC(C)C1CCC(C)(C2CC2)CC1. The van der Waals surface area contributed by atoms with Crippen LogP contribution in [0.25, 0.3) is 0 Å². The van der Waals surface area contributed by atoms with E-state index < -0.39 is 0 Å². The van der Waals surface area contributed by atoms with Crippen LogP contribution in [0, 0.1) is 23.2 Å². The van der Waals surface area contributed by atoms with E-state index in [2.05, 4.69) is 20.8 Å². The first-order chi connectivity index (χ1) is 6.12. The minimum absolute atomic E-state index is 0.755. The third kappa shape index (κ3) is 1.92. The lowest BCUT2D eigenvalue weighted by Crippen LogP contribution is -2.28. The lowest BCUT2D eigenvalue weighted by molar-refractivity contribution is 0.121. The molecule has 0 N–H and O–H groups in total. The summed E-state index contributed by atoms with van der Waals surface area (Å²) in [5, 5.41) is 0. The Labute approximate surface area is 83.1 Å². The van der Waals surface area contributed by atoms with Crippen molar-refractivity contribution in [2.45, 2.75) is 59.3 Å². The van der Waals surface area contributed by atoms with Crippen molar-refractivity contribution in [3.8, 4) is 0 Å². The molecule has 0 heterocycles. The summed E-state index contributed by atoms with van der Waals surface area (Å²) in [6.45, 7) is 7.33. The zero-order chi connectivity index (χ0) is 9.47. The summed E-state index contributed by atoms with van der Waals surface area (Å²) >= 11 is 0. The van der Waals surface area contributed by atoms with Crippen LogP contribution in [0.2, 0.25) is 0 Å². The summed E-state index contributed by atoms with van der Waals surface area (Å²) in [5.41, 5.74) is 0.755. The fourth-order valence-corrected chi connectivity index (χ4v) is 3.15. The van der Waals surface area contributed by atoms with E-state index in [-0.39, 0.29) is 0 Å². The van der Waals surface area contributed by atoms with Gasteiger partial charge in [0.15, 0.2) is 0 Å². The monoisotopic (exact) mass is 180 g/mol. The van der Waals surface area contributed by atoms with Crippen LogP contribution in [0.4, 0.5) is 0 Å². The Bertz CT molecular complexity index is 168. The number of hydrogen-bond acceptors (Lipinski definition) is 0. The van der Waals surface area contributed by atoms with E-state index in [1.807, 2.05) is 0 Å². The van der Waals surface area contributed by atoms with Gasteiger partial charge < -0.3 is 0 Å². The zero-order valence-electron chi connectivity index (χ0n) is 9.47. The molecular formula is C13H24. The van der Waals surface area contributed by atoms with Crippen LogP contribution in [0.15, 0.2) is 0 Å². The van der Waals surface area contributed by atoms with Gasteiger partial charge in [-0.3, -0.25) is 0 Å². The Morgan fingerprint density at radius 3 is 1.92 bits per heavy atom. The molecule has 0 bridgehead atoms. The standard InChI is InChI=1S/C13H24/c1-10(2)11-6-8-13(3,9-7-11)12-4-5-12/h10-12H,4-9H2,1-3H3. The van der Waals surface area contributed by atoms with Crippen molar-refractivity contribution in [1.29, 1.82) is 0 Å². The van der Waals surface area contributed by atoms with Crippen molar-refractivity contribution in [1.82, 2.24) is 0 Å². The molecular weight excluding hydrogens is 156 g/mol. The molecule has 2 aliphatic rings. The van der Waals surface area contributed by atoms with Gasteiger partial charge in [-0.05, 0) is 61.7 Å². The largest absolute Gasteiger partial charge is 0.0625 e. The zero-order valence-corrected chi connectivity index (χ0v) is 9.47. The van der Waals surface area contributed by atoms with E-state index in [1.165, 1.54) is 38.5 Å². The molecule has 0 aliphatic heterocycles. The molecule has 0 atom stereocenters. The van der Waals surface area contributed by atoms with Crippen molar-refractivity contribution in [2.75, 3.05) is 0 Å². The second-order valence-corrected chi connectivity index (χ2v) is 6.01. The van der Waals surface area contributed by atoms with Gasteiger partial charge in [-0.15, -0.1) is 0 Å². The Hall–Kier alpha value is 0. The molecule has 2 saturated carbocycles. The van der Waals surface area contributed by atoms with Crippen molar-refractivity contribution in [3.05, 3.63) is 0 Å². The fraction of sp³-hybridized carbons (Fsp3) is 1.00. The molecule has 0 spiro atoms. The van der Waals surface area contributed by atoms with Crippen LogP contribution >= 0.6 is 0 Å². The lowest BCUT2D eigenvalue weighted by atomic mass is 9.67. The molecule has 13 heavy (non-hydrogen) atoms. The Morgan fingerprint density at radius 1 is 1.00 bits per heavy atom. The van der Waals surface area contributed by atoms with E-state index in [0.717, 1.165) is 23.2 Å². The van der Waals surface area contributed by atoms with Gasteiger partial charge in [0.1, 0.15) is 0 Å². The van der Waals surface area contributed by atoms with Crippen LogP contribution in [0.1, 0.15) is 59.3 Å². The second kappa shape index (κ2) is 3.29. The highest BCUT2D eigenvalue weighted by Crippen LogP contribution is 2.54. The van der Waals surface area contributed by atoms with E-state index in [1.54, 1.807) is 0 Å². The number of hydrogen-bond donors (Lipinski definition) is 0. The van der Waals surface area contributed by atoms with E-state index in [9.17, 15) is 0 Å². The normalized spacial score (nSPS) is 41.1. The van der Waals surface area contributed by atoms with Crippen LogP contribution < -0.4 is 0 Å². The van der Waals surface area contributed by atoms with Gasteiger partial charge in [0.2, 0.25) is 0 Å². The van der Waals surface area contributed by atoms with Gasteiger partial charge >= 0.3 is 0 Å². The average molecular weight is 180 g/mol. The Balaban J connectivity index is 1.87. The Morgan fingerprint density at radius 2 is 1.54 bits per heavy atom. The van der Waals surface area contributed by atoms with Crippen molar-refractivity contribution < 1.29 is 0 Å². The maximum absolute atomic E-state index is 2.54. The van der Waals surface area contributed by atoms with Gasteiger partial charge in [0, 0.05) is 0 Å². The topological polar surface area (TPSA) is 0 Å². The van der Waals surface area contributed by atoms with Gasteiger partial charge in [-0.2, -0.15) is 0 Å². The van der Waals surface area contributed by atoms with Gasteiger partial charge in [0.25, 0.3) is 0 Å². The highest BCUT2D eigenvalue weighted by Gasteiger charge is 2.43. The lowest BCUT2D eigenvalue weighted by Gasteiger charge is -2.39. The molecule has 0 nitrogen and oxygen atoms in total. The smallest absolute Gasteiger partial charge is 0.0297 e. The third-order valence-electron chi connectivity index (χ3n) is 4.68. The molecule has 0 heteroatoms. The molecule has 0 amide bonds.